The van der Waals surface area contributed by atoms with Gasteiger partial charge in [0.25, 0.3) is 0 Å². The molecule has 1 unspecified atom stereocenters. The van der Waals surface area contributed by atoms with Gasteiger partial charge in [0.1, 0.15) is 5.82 Å². The lowest BCUT2D eigenvalue weighted by Crippen LogP contribution is -2.55. The maximum atomic E-state index is 12.8. The summed E-state index contributed by atoms with van der Waals surface area (Å²) in [4.78, 5) is 25.9. The highest BCUT2D eigenvalue weighted by Crippen LogP contribution is 2.12. The largest absolute Gasteiger partial charge is 0.350 e. The number of hydrogen-bond donors (Lipinski definition) is 2. The number of nitrogens with zero attached hydrogens (tertiary/aromatic N) is 1. The Hall–Kier alpha value is -1.95. The Morgan fingerprint density at radius 3 is 2.39 bits per heavy atom. The van der Waals surface area contributed by atoms with Crippen LogP contribution in [-0.4, -0.2) is 35.3 Å². The predicted molar refractivity (Wildman–Crippen MR) is 88.0 cm³/mol. The van der Waals surface area contributed by atoms with E-state index >= 15 is 0 Å². The van der Waals surface area contributed by atoms with Gasteiger partial charge in [0.2, 0.25) is 11.8 Å². The van der Waals surface area contributed by atoms with Gasteiger partial charge in [0.15, 0.2) is 0 Å². The van der Waals surface area contributed by atoms with Crippen molar-refractivity contribution in [2.24, 2.45) is 5.73 Å². The zero-order chi connectivity index (χ0) is 17.5. The highest BCUT2D eigenvalue weighted by molar-refractivity contribution is 5.89. The summed E-state index contributed by atoms with van der Waals surface area (Å²) in [5.74, 6) is -0.809. The van der Waals surface area contributed by atoms with Crippen LogP contribution in [0, 0.1) is 5.82 Å². The van der Waals surface area contributed by atoms with Crippen molar-refractivity contribution in [2.45, 2.75) is 45.7 Å². The summed E-state index contributed by atoms with van der Waals surface area (Å²) in [6.07, 6.45) is 1.37. The number of hydrogen-bond acceptors (Lipinski definition) is 3. The Morgan fingerprint density at radius 2 is 1.87 bits per heavy atom. The molecule has 3 N–H and O–H groups in total. The van der Waals surface area contributed by atoms with Crippen molar-refractivity contribution in [3.05, 3.63) is 35.6 Å². The van der Waals surface area contributed by atoms with Gasteiger partial charge in [-0.15, -0.1) is 0 Å². The van der Waals surface area contributed by atoms with E-state index in [0.29, 0.717) is 19.5 Å². The fourth-order valence-corrected chi connectivity index (χ4v) is 2.35. The van der Waals surface area contributed by atoms with Gasteiger partial charge >= 0.3 is 0 Å². The molecule has 0 aliphatic carbocycles. The average Bonchev–Trinajstić information content (AvgIpc) is 2.51. The fraction of sp³-hybridized carbons (Fsp3) is 0.529. The molecule has 0 heterocycles. The number of likely N-dealkylation sites (N-methyl/N-ethyl adjacent to an activating group) is 1. The van der Waals surface area contributed by atoms with Crippen LogP contribution in [0.15, 0.2) is 24.3 Å². The molecule has 2 amide bonds. The molecular formula is C17H26FN3O2. The number of benzene rings is 1. The van der Waals surface area contributed by atoms with Crippen LogP contribution < -0.4 is 11.1 Å². The molecule has 0 bridgehead atoms. The standard InChI is InChI=1S/C17H26FN3O2/c1-4-10-17(3,19)16(23)21(5-2)12-15(22)20-11-13-6-8-14(18)9-7-13/h6-9H,4-5,10-12,19H2,1-3H3,(H,20,22). The lowest BCUT2D eigenvalue weighted by molar-refractivity contribution is -0.140. The van der Waals surface area contributed by atoms with E-state index in [1.807, 2.05) is 13.8 Å². The second-order valence-corrected chi connectivity index (χ2v) is 5.89. The molecule has 0 saturated heterocycles. The maximum absolute atomic E-state index is 12.8. The van der Waals surface area contributed by atoms with Crippen LogP contribution in [0.2, 0.25) is 0 Å². The van der Waals surface area contributed by atoms with Crippen molar-refractivity contribution in [1.82, 2.24) is 10.2 Å². The maximum Gasteiger partial charge on any atom is 0.242 e. The number of carbonyl (C=O) groups excluding carboxylic acids is 2. The number of halogens is 1. The summed E-state index contributed by atoms with van der Waals surface area (Å²) in [6, 6.07) is 5.90. The zero-order valence-electron chi connectivity index (χ0n) is 14.1. The van der Waals surface area contributed by atoms with Crippen LogP contribution in [0.3, 0.4) is 0 Å². The molecule has 5 nitrogen and oxygen atoms in total. The van der Waals surface area contributed by atoms with E-state index < -0.39 is 5.54 Å². The van der Waals surface area contributed by atoms with Crippen LogP contribution in [0.4, 0.5) is 4.39 Å². The number of carbonyl (C=O) groups is 2. The molecule has 1 rings (SSSR count). The van der Waals surface area contributed by atoms with Crippen molar-refractivity contribution < 1.29 is 14.0 Å². The van der Waals surface area contributed by atoms with E-state index in [4.69, 9.17) is 5.73 Å². The molecule has 0 aliphatic rings. The van der Waals surface area contributed by atoms with Crippen LogP contribution in [0.1, 0.15) is 39.2 Å². The van der Waals surface area contributed by atoms with Gasteiger partial charge in [-0.3, -0.25) is 9.59 Å². The molecule has 1 aromatic carbocycles. The van der Waals surface area contributed by atoms with E-state index in [0.717, 1.165) is 12.0 Å². The molecule has 0 aliphatic heterocycles. The smallest absolute Gasteiger partial charge is 0.242 e. The van der Waals surface area contributed by atoms with E-state index in [-0.39, 0.29) is 24.2 Å². The van der Waals surface area contributed by atoms with Crippen LogP contribution in [0.25, 0.3) is 0 Å². The monoisotopic (exact) mass is 323 g/mol. The summed E-state index contributed by atoms with van der Waals surface area (Å²) in [6.45, 7) is 6.14. The van der Waals surface area contributed by atoms with Gasteiger partial charge in [-0.2, -0.15) is 0 Å². The summed E-state index contributed by atoms with van der Waals surface area (Å²) >= 11 is 0. The van der Waals surface area contributed by atoms with Crippen molar-refractivity contribution in [2.75, 3.05) is 13.1 Å². The second kappa shape index (κ2) is 8.62. The Bertz CT molecular complexity index is 529. The topological polar surface area (TPSA) is 75.4 Å². The summed E-state index contributed by atoms with van der Waals surface area (Å²) < 4.78 is 12.8. The molecule has 6 heteroatoms. The Labute approximate surface area is 137 Å². The minimum Gasteiger partial charge on any atom is -0.350 e. The van der Waals surface area contributed by atoms with Crippen molar-refractivity contribution in [3.8, 4) is 0 Å². The Kier molecular flexibility index (Phi) is 7.16. The number of nitrogens with one attached hydrogen (secondary N) is 1. The lowest BCUT2D eigenvalue weighted by Gasteiger charge is -2.30. The van der Waals surface area contributed by atoms with Crippen molar-refractivity contribution in [3.63, 3.8) is 0 Å². The SMILES string of the molecule is CCCC(C)(N)C(=O)N(CC)CC(=O)NCc1ccc(F)cc1. The van der Waals surface area contributed by atoms with Gasteiger partial charge < -0.3 is 16.0 Å². The second-order valence-electron chi connectivity index (χ2n) is 5.89. The van der Waals surface area contributed by atoms with Crippen molar-refractivity contribution in [1.29, 1.82) is 0 Å². The molecule has 0 saturated carbocycles. The van der Waals surface area contributed by atoms with Gasteiger partial charge in [-0.05, 0) is 38.0 Å². The molecule has 1 atom stereocenters. The third kappa shape index (κ3) is 5.98. The molecule has 128 valence electrons. The summed E-state index contributed by atoms with van der Waals surface area (Å²) in [5, 5.41) is 2.73. The molecule has 23 heavy (non-hydrogen) atoms. The summed E-state index contributed by atoms with van der Waals surface area (Å²) in [7, 11) is 0. The highest BCUT2D eigenvalue weighted by atomic mass is 19.1. The third-order valence-corrected chi connectivity index (χ3v) is 3.66. The van der Waals surface area contributed by atoms with Gasteiger partial charge in [-0.1, -0.05) is 25.5 Å². The van der Waals surface area contributed by atoms with Crippen LogP contribution in [0.5, 0.6) is 0 Å². The van der Waals surface area contributed by atoms with Crippen LogP contribution >= 0.6 is 0 Å². The molecule has 1 aromatic rings. The molecule has 0 spiro atoms. The normalized spacial score (nSPS) is 13.3. The van der Waals surface area contributed by atoms with Gasteiger partial charge in [0.05, 0.1) is 12.1 Å². The predicted octanol–water partition coefficient (Wildman–Crippen LogP) is 1.81. The number of nitrogens with two attached hydrogens (primary N) is 1. The first kappa shape index (κ1) is 19.1. The first-order valence-electron chi connectivity index (χ1n) is 7.89. The number of amides is 2. The number of rotatable bonds is 8. The van der Waals surface area contributed by atoms with E-state index in [2.05, 4.69) is 5.32 Å². The van der Waals surface area contributed by atoms with E-state index in [9.17, 15) is 14.0 Å². The molecule has 0 aromatic heterocycles. The lowest BCUT2D eigenvalue weighted by atomic mass is 9.95. The van der Waals surface area contributed by atoms with Crippen LogP contribution in [-0.2, 0) is 16.1 Å². The molecular weight excluding hydrogens is 297 g/mol. The van der Waals surface area contributed by atoms with Gasteiger partial charge in [-0.25, -0.2) is 4.39 Å². The average molecular weight is 323 g/mol. The first-order chi connectivity index (χ1) is 10.8. The van der Waals surface area contributed by atoms with Crippen molar-refractivity contribution >= 4 is 11.8 Å². The minimum atomic E-state index is -0.956. The first-order valence-corrected chi connectivity index (χ1v) is 7.89. The summed E-state index contributed by atoms with van der Waals surface area (Å²) in [5.41, 5.74) is 5.88. The fourth-order valence-electron chi connectivity index (χ4n) is 2.35. The molecule has 0 radical (unpaired) electrons. The third-order valence-electron chi connectivity index (χ3n) is 3.66. The Morgan fingerprint density at radius 1 is 1.26 bits per heavy atom. The Balaban J connectivity index is 2.56. The van der Waals surface area contributed by atoms with Gasteiger partial charge in [0, 0.05) is 13.1 Å². The zero-order valence-corrected chi connectivity index (χ0v) is 14.1. The van der Waals surface area contributed by atoms with E-state index in [1.54, 1.807) is 19.1 Å². The highest BCUT2D eigenvalue weighted by Gasteiger charge is 2.31. The quantitative estimate of drug-likeness (QED) is 0.766. The molecule has 0 fully saturated rings. The van der Waals surface area contributed by atoms with E-state index in [1.165, 1.54) is 17.0 Å². The minimum absolute atomic E-state index is 0.0347.